The molecule has 2 aliphatic rings. The zero-order valence-corrected chi connectivity index (χ0v) is 15.6. The van der Waals surface area contributed by atoms with E-state index in [9.17, 15) is 8.78 Å². The standard InChI is InChI=1S/C22H22F2N4/c23-17-8-7-15(18(24)14-17)9-13-28-20(16-5-6-16)26-27-21(28)22(10-3-11-22)19-4-1-2-12-25-19/h1-2,4,7-8,12,14,16H,3,5-6,9-11,13H2. The summed E-state index contributed by atoms with van der Waals surface area (Å²) in [5.74, 6) is 1.35. The Balaban J connectivity index is 1.51. The third-order valence-corrected chi connectivity index (χ3v) is 6.13. The van der Waals surface area contributed by atoms with E-state index >= 15 is 0 Å². The lowest BCUT2D eigenvalue weighted by molar-refractivity contribution is 0.266. The zero-order valence-electron chi connectivity index (χ0n) is 15.6. The molecular formula is C22H22F2N4. The molecule has 0 spiro atoms. The first-order valence-electron chi connectivity index (χ1n) is 9.96. The predicted octanol–water partition coefficient (Wildman–Crippen LogP) is 4.54. The van der Waals surface area contributed by atoms with Gasteiger partial charge in [-0.15, -0.1) is 10.2 Å². The van der Waals surface area contributed by atoms with Crippen molar-refractivity contribution < 1.29 is 8.78 Å². The number of halogens is 2. The SMILES string of the molecule is Fc1ccc(CCn2c(C3CC3)nnc2C2(c3ccccn3)CCC2)c(F)c1. The zero-order chi connectivity index (χ0) is 19.1. The van der Waals surface area contributed by atoms with Crippen molar-refractivity contribution in [3.05, 3.63) is 77.1 Å². The highest BCUT2D eigenvalue weighted by molar-refractivity contribution is 5.32. The van der Waals surface area contributed by atoms with Gasteiger partial charge in [0.2, 0.25) is 0 Å². The summed E-state index contributed by atoms with van der Waals surface area (Å²) in [7, 11) is 0. The van der Waals surface area contributed by atoms with Crippen LogP contribution in [0.25, 0.3) is 0 Å². The molecular weight excluding hydrogens is 358 g/mol. The molecule has 0 N–H and O–H groups in total. The van der Waals surface area contributed by atoms with E-state index in [0.29, 0.717) is 24.4 Å². The van der Waals surface area contributed by atoms with Crippen molar-refractivity contribution in [3.63, 3.8) is 0 Å². The van der Waals surface area contributed by atoms with E-state index in [4.69, 9.17) is 0 Å². The van der Waals surface area contributed by atoms with E-state index in [2.05, 4.69) is 25.8 Å². The topological polar surface area (TPSA) is 43.6 Å². The average molecular weight is 380 g/mol. The molecule has 0 amide bonds. The first-order valence-corrected chi connectivity index (χ1v) is 9.96. The fourth-order valence-corrected chi connectivity index (χ4v) is 4.26. The molecule has 0 unspecified atom stereocenters. The van der Waals surface area contributed by atoms with Gasteiger partial charge in [0.1, 0.15) is 23.3 Å². The van der Waals surface area contributed by atoms with Crippen LogP contribution in [0.5, 0.6) is 0 Å². The summed E-state index contributed by atoms with van der Waals surface area (Å²) in [4.78, 5) is 4.62. The van der Waals surface area contributed by atoms with Crippen LogP contribution in [0.1, 0.15) is 60.9 Å². The van der Waals surface area contributed by atoms with Gasteiger partial charge in [-0.05, 0) is 55.9 Å². The van der Waals surface area contributed by atoms with Gasteiger partial charge in [0, 0.05) is 24.7 Å². The Morgan fingerprint density at radius 1 is 1.07 bits per heavy atom. The maximum absolute atomic E-state index is 14.1. The van der Waals surface area contributed by atoms with Crippen LogP contribution in [0.3, 0.4) is 0 Å². The summed E-state index contributed by atoms with van der Waals surface area (Å²) in [6.45, 7) is 0.589. The van der Waals surface area contributed by atoms with E-state index in [1.54, 1.807) is 0 Å². The first kappa shape index (κ1) is 17.5. The second kappa shape index (κ2) is 6.76. The first-order chi connectivity index (χ1) is 13.7. The van der Waals surface area contributed by atoms with Gasteiger partial charge < -0.3 is 4.57 Å². The van der Waals surface area contributed by atoms with Crippen LogP contribution in [0.4, 0.5) is 8.78 Å². The fraction of sp³-hybridized carbons (Fsp3) is 0.409. The minimum absolute atomic E-state index is 0.206. The lowest BCUT2D eigenvalue weighted by Gasteiger charge is -2.40. The largest absolute Gasteiger partial charge is 0.314 e. The Hall–Kier alpha value is -2.63. The lowest BCUT2D eigenvalue weighted by atomic mass is 9.65. The highest BCUT2D eigenvalue weighted by Gasteiger charge is 2.47. The number of hydrogen-bond acceptors (Lipinski definition) is 3. The number of rotatable bonds is 6. The van der Waals surface area contributed by atoms with Gasteiger partial charge in [-0.2, -0.15) is 0 Å². The van der Waals surface area contributed by atoms with Gasteiger partial charge in [0.05, 0.1) is 11.1 Å². The van der Waals surface area contributed by atoms with Crippen LogP contribution >= 0.6 is 0 Å². The number of aryl methyl sites for hydroxylation is 1. The van der Waals surface area contributed by atoms with Crippen molar-refractivity contribution in [2.24, 2.45) is 0 Å². The molecule has 6 heteroatoms. The van der Waals surface area contributed by atoms with Crippen molar-refractivity contribution in [1.82, 2.24) is 19.7 Å². The molecule has 2 heterocycles. The quantitative estimate of drug-likeness (QED) is 0.631. The molecule has 0 radical (unpaired) electrons. The summed E-state index contributed by atoms with van der Waals surface area (Å²) < 4.78 is 29.6. The van der Waals surface area contributed by atoms with E-state index < -0.39 is 11.6 Å². The number of aromatic nitrogens is 4. The molecule has 0 atom stereocenters. The Morgan fingerprint density at radius 2 is 1.93 bits per heavy atom. The van der Waals surface area contributed by atoms with Crippen molar-refractivity contribution >= 4 is 0 Å². The Bertz CT molecular complexity index is 991. The molecule has 4 nitrogen and oxygen atoms in total. The Kier molecular flexibility index (Phi) is 4.22. The molecule has 5 rings (SSSR count). The summed E-state index contributed by atoms with van der Waals surface area (Å²) in [6.07, 6.45) is 7.68. The van der Waals surface area contributed by atoms with Crippen LogP contribution in [0.15, 0.2) is 42.6 Å². The van der Waals surface area contributed by atoms with Gasteiger partial charge in [-0.1, -0.05) is 18.6 Å². The number of pyridine rings is 1. The van der Waals surface area contributed by atoms with Crippen molar-refractivity contribution in [1.29, 1.82) is 0 Å². The van der Waals surface area contributed by atoms with E-state index in [-0.39, 0.29) is 5.41 Å². The highest BCUT2D eigenvalue weighted by Crippen LogP contribution is 2.49. The van der Waals surface area contributed by atoms with Gasteiger partial charge in [0.25, 0.3) is 0 Å². The molecule has 2 fully saturated rings. The molecule has 28 heavy (non-hydrogen) atoms. The minimum atomic E-state index is -0.548. The second-order valence-electron chi connectivity index (χ2n) is 7.94. The number of hydrogen-bond donors (Lipinski definition) is 0. The molecule has 2 saturated carbocycles. The maximum atomic E-state index is 14.1. The van der Waals surface area contributed by atoms with E-state index in [1.165, 1.54) is 12.1 Å². The third-order valence-electron chi connectivity index (χ3n) is 6.13. The highest BCUT2D eigenvalue weighted by atomic mass is 19.1. The minimum Gasteiger partial charge on any atom is -0.314 e. The number of benzene rings is 1. The third kappa shape index (κ3) is 2.91. The maximum Gasteiger partial charge on any atom is 0.145 e. The smallest absolute Gasteiger partial charge is 0.145 e. The fourth-order valence-electron chi connectivity index (χ4n) is 4.26. The number of nitrogens with zero attached hydrogens (tertiary/aromatic N) is 4. The normalized spacial score (nSPS) is 18.1. The van der Waals surface area contributed by atoms with Gasteiger partial charge in [0.15, 0.2) is 0 Å². The van der Waals surface area contributed by atoms with Crippen LogP contribution in [0.2, 0.25) is 0 Å². The van der Waals surface area contributed by atoms with Gasteiger partial charge in [-0.3, -0.25) is 4.98 Å². The predicted molar refractivity (Wildman–Crippen MR) is 101 cm³/mol. The molecule has 2 aromatic heterocycles. The summed E-state index contributed by atoms with van der Waals surface area (Å²) in [5.41, 5.74) is 1.34. The van der Waals surface area contributed by atoms with Crippen LogP contribution in [-0.4, -0.2) is 19.7 Å². The average Bonchev–Trinajstić information content (AvgIpc) is 3.42. The van der Waals surface area contributed by atoms with Crippen molar-refractivity contribution in [2.75, 3.05) is 0 Å². The molecule has 2 aliphatic carbocycles. The van der Waals surface area contributed by atoms with E-state index in [0.717, 1.165) is 55.5 Å². The van der Waals surface area contributed by atoms with Gasteiger partial charge in [-0.25, -0.2) is 8.78 Å². The monoisotopic (exact) mass is 380 g/mol. The summed E-state index contributed by atoms with van der Waals surface area (Å²) in [6, 6.07) is 9.80. The van der Waals surface area contributed by atoms with E-state index in [1.807, 2.05) is 18.3 Å². The summed E-state index contributed by atoms with van der Waals surface area (Å²) in [5, 5.41) is 9.15. The van der Waals surface area contributed by atoms with Crippen LogP contribution in [-0.2, 0) is 18.4 Å². The Labute approximate surface area is 162 Å². The van der Waals surface area contributed by atoms with Crippen LogP contribution < -0.4 is 0 Å². The molecule has 0 aliphatic heterocycles. The van der Waals surface area contributed by atoms with Crippen molar-refractivity contribution in [3.8, 4) is 0 Å². The Morgan fingerprint density at radius 3 is 2.57 bits per heavy atom. The molecule has 1 aromatic carbocycles. The van der Waals surface area contributed by atoms with Crippen LogP contribution in [0, 0.1) is 11.6 Å². The molecule has 0 saturated heterocycles. The molecule has 144 valence electrons. The summed E-state index contributed by atoms with van der Waals surface area (Å²) >= 11 is 0. The molecule has 3 aromatic rings. The lowest BCUT2D eigenvalue weighted by Crippen LogP contribution is -2.39. The van der Waals surface area contributed by atoms with Crippen molar-refractivity contribution in [2.45, 2.75) is 56.4 Å². The van der Waals surface area contributed by atoms with Gasteiger partial charge >= 0.3 is 0 Å². The molecule has 0 bridgehead atoms. The second-order valence-corrected chi connectivity index (χ2v) is 7.94.